The van der Waals surface area contributed by atoms with Gasteiger partial charge in [0.1, 0.15) is 0 Å². The van der Waals surface area contributed by atoms with Gasteiger partial charge < -0.3 is 10.5 Å². The predicted octanol–water partition coefficient (Wildman–Crippen LogP) is 4.13. The van der Waals surface area contributed by atoms with Crippen molar-refractivity contribution in [3.8, 4) is 0 Å². The second-order valence-electron chi connectivity index (χ2n) is 7.18. The van der Waals surface area contributed by atoms with E-state index in [1.54, 1.807) is 0 Å². The van der Waals surface area contributed by atoms with Crippen molar-refractivity contribution in [2.45, 2.75) is 83.3 Å². The molecular formula is C17H33NO. The average molecular weight is 267 g/mol. The highest BCUT2D eigenvalue weighted by molar-refractivity contribution is 4.99. The number of nitrogens with two attached hydrogens (primary N) is 1. The molecule has 2 aliphatic carbocycles. The molecule has 0 aromatic carbocycles. The lowest BCUT2D eigenvalue weighted by Gasteiger charge is -2.47. The Hall–Kier alpha value is -0.0800. The Morgan fingerprint density at radius 2 is 1.89 bits per heavy atom. The highest BCUT2D eigenvalue weighted by Gasteiger charge is 2.43. The lowest BCUT2D eigenvalue weighted by Crippen LogP contribution is -2.55. The maximum atomic E-state index is 6.71. The van der Waals surface area contributed by atoms with Gasteiger partial charge in [0, 0.05) is 13.2 Å². The van der Waals surface area contributed by atoms with Crippen molar-refractivity contribution >= 4 is 0 Å². The van der Waals surface area contributed by atoms with E-state index in [0.717, 1.165) is 11.8 Å². The van der Waals surface area contributed by atoms with Crippen LogP contribution in [0.3, 0.4) is 0 Å². The Morgan fingerprint density at radius 1 is 1.21 bits per heavy atom. The van der Waals surface area contributed by atoms with E-state index < -0.39 is 0 Å². The maximum absolute atomic E-state index is 6.71. The van der Waals surface area contributed by atoms with E-state index in [9.17, 15) is 0 Å². The van der Waals surface area contributed by atoms with Crippen LogP contribution < -0.4 is 5.73 Å². The SMILES string of the molecule is CCC1CCCC(C(N)C2(OC)CCC(C)CC2)C1. The Kier molecular flexibility index (Phi) is 5.30. The summed E-state index contributed by atoms with van der Waals surface area (Å²) in [5.41, 5.74) is 6.69. The quantitative estimate of drug-likeness (QED) is 0.831. The van der Waals surface area contributed by atoms with E-state index in [2.05, 4.69) is 13.8 Å². The lowest BCUT2D eigenvalue weighted by atomic mass is 9.67. The van der Waals surface area contributed by atoms with Crippen LogP contribution in [0.1, 0.15) is 71.6 Å². The standard InChI is InChI=1S/C17H33NO/c1-4-14-6-5-7-15(12-14)16(18)17(19-3)10-8-13(2)9-11-17/h13-16H,4-12,18H2,1-3H3. The van der Waals surface area contributed by atoms with E-state index >= 15 is 0 Å². The van der Waals surface area contributed by atoms with E-state index in [1.165, 1.54) is 57.8 Å². The Labute approximate surface area is 119 Å². The van der Waals surface area contributed by atoms with Gasteiger partial charge in [-0.1, -0.05) is 33.1 Å². The molecule has 0 saturated heterocycles. The van der Waals surface area contributed by atoms with Gasteiger partial charge in [-0.15, -0.1) is 0 Å². The molecule has 19 heavy (non-hydrogen) atoms. The summed E-state index contributed by atoms with van der Waals surface area (Å²) >= 11 is 0. The normalized spacial score (nSPS) is 42.0. The first kappa shape index (κ1) is 15.3. The van der Waals surface area contributed by atoms with Crippen molar-refractivity contribution < 1.29 is 4.74 Å². The predicted molar refractivity (Wildman–Crippen MR) is 81.1 cm³/mol. The van der Waals surface area contributed by atoms with Gasteiger partial charge in [-0.3, -0.25) is 0 Å². The van der Waals surface area contributed by atoms with Gasteiger partial charge in [0.25, 0.3) is 0 Å². The average Bonchev–Trinajstić information content (AvgIpc) is 2.48. The molecule has 2 fully saturated rings. The van der Waals surface area contributed by atoms with E-state index in [1.807, 2.05) is 7.11 Å². The molecule has 2 aliphatic rings. The summed E-state index contributed by atoms with van der Waals surface area (Å²) in [5.74, 6) is 2.44. The fraction of sp³-hybridized carbons (Fsp3) is 1.00. The molecular weight excluding hydrogens is 234 g/mol. The molecule has 0 aliphatic heterocycles. The van der Waals surface area contributed by atoms with Crippen molar-refractivity contribution in [2.24, 2.45) is 23.5 Å². The topological polar surface area (TPSA) is 35.2 Å². The van der Waals surface area contributed by atoms with Crippen molar-refractivity contribution in [1.82, 2.24) is 0 Å². The van der Waals surface area contributed by atoms with Crippen LogP contribution in [-0.4, -0.2) is 18.8 Å². The van der Waals surface area contributed by atoms with Crippen LogP contribution in [0.4, 0.5) is 0 Å². The molecule has 0 bridgehead atoms. The number of methoxy groups -OCH3 is 1. The third-order valence-corrected chi connectivity index (χ3v) is 6.04. The van der Waals surface area contributed by atoms with Crippen LogP contribution >= 0.6 is 0 Å². The summed E-state index contributed by atoms with van der Waals surface area (Å²) in [5, 5.41) is 0. The van der Waals surface area contributed by atoms with Gasteiger partial charge in [0.2, 0.25) is 0 Å². The third-order valence-electron chi connectivity index (χ3n) is 6.04. The minimum atomic E-state index is -0.0210. The summed E-state index contributed by atoms with van der Waals surface area (Å²) < 4.78 is 5.99. The molecule has 3 unspecified atom stereocenters. The lowest BCUT2D eigenvalue weighted by molar-refractivity contribution is -0.0836. The zero-order chi connectivity index (χ0) is 13.9. The molecule has 0 radical (unpaired) electrons. The van der Waals surface area contributed by atoms with E-state index in [-0.39, 0.29) is 11.6 Å². The number of ether oxygens (including phenoxy) is 1. The molecule has 2 saturated carbocycles. The fourth-order valence-electron chi connectivity index (χ4n) is 4.38. The van der Waals surface area contributed by atoms with Crippen LogP contribution in [0.5, 0.6) is 0 Å². The molecule has 0 aromatic rings. The van der Waals surface area contributed by atoms with Crippen LogP contribution in [0, 0.1) is 17.8 Å². The van der Waals surface area contributed by atoms with E-state index in [4.69, 9.17) is 10.5 Å². The Bertz CT molecular complexity index is 270. The summed E-state index contributed by atoms with van der Waals surface area (Å²) in [6.07, 6.45) is 11.6. The number of hydrogen-bond acceptors (Lipinski definition) is 2. The molecule has 2 heteroatoms. The largest absolute Gasteiger partial charge is 0.377 e. The zero-order valence-corrected chi connectivity index (χ0v) is 13.2. The minimum Gasteiger partial charge on any atom is -0.377 e. The summed E-state index contributed by atoms with van der Waals surface area (Å²) in [6.45, 7) is 4.69. The summed E-state index contributed by atoms with van der Waals surface area (Å²) in [7, 11) is 1.88. The molecule has 0 heterocycles. The first-order valence-electron chi connectivity index (χ1n) is 8.42. The smallest absolute Gasteiger partial charge is 0.0831 e. The number of rotatable bonds is 4. The molecule has 0 spiro atoms. The fourth-order valence-corrected chi connectivity index (χ4v) is 4.38. The second kappa shape index (κ2) is 6.58. The van der Waals surface area contributed by atoms with Crippen LogP contribution in [0.15, 0.2) is 0 Å². The summed E-state index contributed by atoms with van der Waals surface area (Å²) in [4.78, 5) is 0. The zero-order valence-electron chi connectivity index (χ0n) is 13.2. The van der Waals surface area contributed by atoms with Crippen LogP contribution in [-0.2, 0) is 4.74 Å². The molecule has 3 atom stereocenters. The van der Waals surface area contributed by atoms with Gasteiger partial charge in [-0.05, 0) is 56.3 Å². The van der Waals surface area contributed by atoms with Crippen LogP contribution in [0.25, 0.3) is 0 Å². The van der Waals surface area contributed by atoms with Gasteiger partial charge >= 0.3 is 0 Å². The third kappa shape index (κ3) is 3.33. The molecule has 112 valence electrons. The molecule has 2 rings (SSSR count). The van der Waals surface area contributed by atoms with Gasteiger partial charge in [-0.2, -0.15) is 0 Å². The summed E-state index contributed by atoms with van der Waals surface area (Å²) in [6, 6.07) is 0.249. The van der Waals surface area contributed by atoms with Crippen molar-refractivity contribution in [1.29, 1.82) is 0 Å². The van der Waals surface area contributed by atoms with E-state index in [0.29, 0.717) is 5.92 Å². The highest BCUT2D eigenvalue weighted by atomic mass is 16.5. The molecule has 2 N–H and O–H groups in total. The number of hydrogen-bond donors (Lipinski definition) is 1. The Balaban J connectivity index is 2.01. The van der Waals surface area contributed by atoms with Crippen molar-refractivity contribution in [2.75, 3.05) is 7.11 Å². The van der Waals surface area contributed by atoms with Crippen molar-refractivity contribution in [3.05, 3.63) is 0 Å². The maximum Gasteiger partial charge on any atom is 0.0831 e. The van der Waals surface area contributed by atoms with Crippen LogP contribution in [0.2, 0.25) is 0 Å². The van der Waals surface area contributed by atoms with Crippen molar-refractivity contribution in [3.63, 3.8) is 0 Å². The second-order valence-corrected chi connectivity index (χ2v) is 7.18. The van der Waals surface area contributed by atoms with Gasteiger partial charge in [-0.25, -0.2) is 0 Å². The molecule has 2 nitrogen and oxygen atoms in total. The van der Waals surface area contributed by atoms with Gasteiger partial charge in [0.05, 0.1) is 5.60 Å². The first-order chi connectivity index (χ1) is 9.11. The Morgan fingerprint density at radius 3 is 2.47 bits per heavy atom. The molecule has 0 aromatic heterocycles. The minimum absolute atomic E-state index is 0.0210. The highest BCUT2D eigenvalue weighted by Crippen LogP contribution is 2.42. The molecule has 0 amide bonds. The monoisotopic (exact) mass is 267 g/mol. The van der Waals surface area contributed by atoms with Gasteiger partial charge in [0.15, 0.2) is 0 Å². The first-order valence-corrected chi connectivity index (χ1v) is 8.42.